The molecule has 2 rings (SSSR count). The smallest absolute Gasteiger partial charge is 0.317 e. The first-order valence-corrected chi connectivity index (χ1v) is 7.58. The molecule has 1 aromatic rings. The van der Waals surface area contributed by atoms with Gasteiger partial charge < -0.3 is 14.7 Å². The topological polar surface area (TPSA) is 53.0 Å². The van der Waals surface area contributed by atoms with E-state index < -0.39 is 5.97 Å². The molecular weight excluding hydrogens is 268 g/mol. The average molecular weight is 292 g/mol. The molecule has 21 heavy (non-hydrogen) atoms. The maximum Gasteiger partial charge on any atom is 0.317 e. The van der Waals surface area contributed by atoms with Gasteiger partial charge in [-0.1, -0.05) is 18.2 Å². The van der Waals surface area contributed by atoms with Crippen molar-refractivity contribution in [2.24, 2.45) is 0 Å². The molecule has 116 valence electrons. The van der Waals surface area contributed by atoms with E-state index in [2.05, 4.69) is 4.90 Å². The second kappa shape index (κ2) is 8.64. The maximum absolute atomic E-state index is 10.7. The number of carboxylic acids is 1. The second-order valence-electron chi connectivity index (χ2n) is 5.38. The molecule has 0 aliphatic carbocycles. The molecule has 0 atom stereocenters. The van der Waals surface area contributed by atoms with Crippen molar-refractivity contribution in [2.75, 3.05) is 45.9 Å². The van der Waals surface area contributed by atoms with E-state index in [4.69, 9.17) is 9.84 Å². The molecule has 5 nitrogen and oxygen atoms in total. The van der Waals surface area contributed by atoms with Crippen molar-refractivity contribution in [1.82, 2.24) is 9.80 Å². The van der Waals surface area contributed by atoms with Crippen LogP contribution < -0.4 is 4.74 Å². The Morgan fingerprint density at radius 3 is 2.57 bits per heavy atom. The third-order valence-electron chi connectivity index (χ3n) is 3.67. The first-order valence-electron chi connectivity index (χ1n) is 7.58. The third kappa shape index (κ3) is 6.14. The summed E-state index contributed by atoms with van der Waals surface area (Å²) in [5.41, 5.74) is 0. The standard InChI is InChI=1S/C16H24N2O3/c19-16(20)14-18-9-4-8-17(11-12-18)10-5-13-21-15-6-2-1-3-7-15/h1-3,6-7H,4-5,8-14H2,(H,19,20). The zero-order chi connectivity index (χ0) is 14.9. The zero-order valence-corrected chi connectivity index (χ0v) is 12.4. The number of rotatable bonds is 7. The monoisotopic (exact) mass is 292 g/mol. The number of nitrogens with zero attached hydrogens (tertiary/aromatic N) is 2. The minimum atomic E-state index is -0.736. The van der Waals surface area contributed by atoms with Crippen LogP contribution in [0.5, 0.6) is 5.75 Å². The highest BCUT2D eigenvalue weighted by Gasteiger charge is 2.16. The van der Waals surface area contributed by atoms with Crippen molar-refractivity contribution < 1.29 is 14.6 Å². The van der Waals surface area contributed by atoms with Gasteiger partial charge in [-0.15, -0.1) is 0 Å². The largest absolute Gasteiger partial charge is 0.494 e. The fraction of sp³-hybridized carbons (Fsp3) is 0.562. The van der Waals surface area contributed by atoms with Crippen LogP contribution in [0.4, 0.5) is 0 Å². The highest BCUT2D eigenvalue weighted by molar-refractivity contribution is 5.69. The van der Waals surface area contributed by atoms with Crippen LogP contribution in [-0.4, -0.2) is 66.8 Å². The molecule has 0 unspecified atom stereocenters. The summed E-state index contributed by atoms with van der Waals surface area (Å²) in [5.74, 6) is 0.181. The quantitative estimate of drug-likeness (QED) is 0.773. The molecule has 1 aliphatic rings. The fourth-order valence-corrected chi connectivity index (χ4v) is 2.59. The number of carboxylic acid groups (broad SMARTS) is 1. The van der Waals surface area contributed by atoms with Crippen molar-refractivity contribution in [2.45, 2.75) is 12.8 Å². The van der Waals surface area contributed by atoms with Gasteiger partial charge in [-0.3, -0.25) is 9.69 Å². The van der Waals surface area contributed by atoms with Gasteiger partial charge in [0.15, 0.2) is 0 Å². The number of hydrogen-bond acceptors (Lipinski definition) is 4. The lowest BCUT2D eigenvalue weighted by Gasteiger charge is -2.20. The summed E-state index contributed by atoms with van der Waals surface area (Å²) >= 11 is 0. The lowest BCUT2D eigenvalue weighted by Crippen LogP contribution is -2.34. The molecule has 0 amide bonds. The molecule has 1 aliphatic heterocycles. The van der Waals surface area contributed by atoms with E-state index in [1.807, 2.05) is 35.2 Å². The van der Waals surface area contributed by atoms with Crippen LogP contribution in [0, 0.1) is 0 Å². The zero-order valence-electron chi connectivity index (χ0n) is 12.4. The van der Waals surface area contributed by atoms with E-state index in [-0.39, 0.29) is 6.54 Å². The minimum absolute atomic E-state index is 0.158. The summed E-state index contributed by atoms with van der Waals surface area (Å²) in [4.78, 5) is 15.2. The predicted molar refractivity (Wildman–Crippen MR) is 81.7 cm³/mol. The Balaban J connectivity index is 1.61. The van der Waals surface area contributed by atoms with Gasteiger partial charge in [0.2, 0.25) is 0 Å². The molecule has 0 bridgehead atoms. The van der Waals surface area contributed by atoms with Gasteiger partial charge in [0.05, 0.1) is 13.2 Å². The minimum Gasteiger partial charge on any atom is -0.494 e. The lowest BCUT2D eigenvalue weighted by molar-refractivity contribution is -0.138. The number of ether oxygens (including phenoxy) is 1. The lowest BCUT2D eigenvalue weighted by atomic mass is 10.3. The van der Waals surface area contributed by atoms with Gasteiger partial charge in [-0.05, 0) is 31.5 Å². The third-order valence-corrected chi connectivity index (χ3v) is 3.67. The molecule has 1 N–H and O–H groups in total. The van der Waals surface area contributed by atoms with Crippen molar-refractivity contribution in [3.63, 3.8) is 0 Å². The maximum atomic E-state index is 10.7. The summed E-state index contributed by atoms with van der Waals surface area (Å²) in [6, 6.07) is 9.86. The first-order chi connectivity index (χ1) is 10.2. The Bertz CT molecular complexity index is 425. The van der Waals surface area contributed by atoms with E-state index >= 15 is 0 Å². The van der Waals surface area contributed by atoms with E-state index in [0.29, 0.717) is 0 Å². The Hall–Kier alpha value is -1.59. The van der Waals surface area contributed by atoms with E-state index in [0.717, 1.165) is 57.9 Å². The second-order valence-corrected chi connectivity index (χ2v) is 5.38. The normalized spacial score (nSPS) is 17.3. The van der Waals surface area contributed by atoms with E-state index in [1.54, 1.807) is 0 Å². The summed E-state index contributed by atoms with van der Waals surface area (Å²) < 4.78 is 5.69. The summed E-state index contributed by atoms with van der Waals surface area (Å²) in [6.07, 6.45) is 2.03. The Labute approximate surface area is 126 Å². The molecule has 5 heteroatoms. The van der Waals surface area contributed by atoms with Crippen molar-refractivity contribution in [1.29, 1.82) is 0 Å². The number of carbonyl (C=O) groups is 1. The number of aliphatic carboxylic acids is 1. The highest BCUT2D eigenvalue weighted by atomic mass is 16.5. The number of benzene rings is 1. The SMILES string of the molecule is O=C(O)CN1CCCN(CCCOc2ccccc2)CC1. The van der Waals surface area contributed by atoms with E-state index in [1.165, 1.54) is 0 Å². The summed E-state index contributed by atoms with van der Waals surface area (Å²) in [6.45, 7) is 5.59. The van der Waals surface area contributed by atoms with Gasteiger partial charge >= 0.3 is 5.97 Å². The van der Waals surface area contributed by atoms with Crippen LogP contribution in [-0.2, 0) is 4.79 Å². The molecule has 1 heterocycles. The van der Waals surface area contributed by atoms with Crippen LogP contribution in [0.3, 0.4) is 0 Å². The first kappa shape index (κ1) is 15.8. The molecule has 1 saturated heterocycles. The van der Waals surface area contributed by atoms with Gasteiger partial charge in [0.1, 0.15) is 5.75 Å². The van der Waals surface area contributed by atoms with Crippen LogP contribution >= 0.6 is 0 Å². The molecule has 0 spiro atoms. The molecule has 0 saturated carbocycles. The van der Waals surface area contributed by atoms with Gasteiger partial charge in [0.25, 0.3) is 0 Å². The Kier molecular flexibility index (Phi) is 6.50. The van der Waals surface area contributed by atoms with Gasteiger partial charge in [-0.2, -0.15) is 0 Å². The van der Waals surface area contributed by atoms with Crippen molar-refractivity contribution in [3.05, 3.63) is 30.3 Å². The molecule has 0 aromatic heterocycles. The van der Waals surface area contributed by atoms with Crippen molar-refractivity contribution in [3.8, 4) is 5.75 Å². The van der Waals surface area contributed by atoms with E-state index in [9.17, 15) is 4.79 Å². The average Bonchev–Trinajstić information content (AvgIpc) is 2.70. The van der Waals surface area contributed by atoms with Crippen molar-refractivity contribution >= 4 is 5.97 Å². The molecule has 1 fully saturated rings. The highest BCUT2D eigenvalue weighted by Crippen LogP contribution is 2.09. The van der Waals surface area contributed by atoms with Gasteiger partial charge in [-0.25, -0.2) is 0 Å². The fourth-order valence-electron chi connectivity index (χ4n) is 2.59. The Morgan fingerprint density at radius 2 is 1.81 bits per heavy atom. The van der Waals surface area contributed by atoms with Crippen LogP contribution in [0.25, 0.3) is 0 Å². The summed E-state index contributed by atoms with van der Waals surface area (Å²) in [5, 5.41) is 8.83. The molecule has 0 radical (unpaired) electrons. The van der Waals surface area contributed by atoms with Crippen LogP contribution in [0.1, 0.15) is 12.8 Å². The molecular formula is C16H24N2O3. The number of para-hydroxylation sites is 1. The summed E-state index contributed by atoms with van der Waals surface area (Å²) in [7, 11) is 0. The van der Waals surface area contributed by atoms with Crippen LogP contribution in [0.15, 0.2) is 30.3 Å². The predicted octanol–water partition coefficient (Wildman–Crippen LogP) is 1.55. The van der Waals surface area contributed by atoms with Crippen LogP contribution in [0.2, 0.25) is 0 Å². The Morgan fingerprint density at radius 1 is 1.10 bits per heavy atom. The molecule has 1 aromatic carbocycles. The van der Waals surface area contributed by atoms with Gasteiger partial charge in [0, 0.05) is 26.2 Å². The number of hydrogen-bond donors (Lipinski definition) is 1.